The van der Waals surface area contributed by atoms with Crippen LogP contribution in [-0.4, -0.2) is 18.0 Å². The Morgan fingerprint density at radius 1 is 1.24 bits per heavy atom. The number of thiazole rings is 1. The van der Waals surface area contributed by atoms with Gasteiger partial charge in [0.1, 0.15) is 5.75 Å². The number of hydrogen-bond acceptors (Lipinski definition) is 5. The number of carbonyl (C=O) groups is 1. The van der Waals surface area contributed by atoms with Gasteiger partial charge in [-0.2, -0.15) is 0 Å². The topological polar surface area (TPSA) is 77.2 Å². The third kappa shape index (κ3) is 4.45. The summed E-state index contributed by atoms with van der Waals surface area (Å²) in [5, 5.41) is 5.25. The Labute approximate surface area is 149 Å². The summed E-state index contributed by atoms with van der Waals surface area (Å²) < 4.78 is 5.17. The Morgan fingerprint density at radius 3 is 2.84 bits per heavy atom. The van der Waals surface area contributed by atoms with E-state index in [1.807, 2.05) is 53.9 Å². The van der Waals surface area contributed by atoms with E-state index < -0.39 is 0 Å². The van der Waals surface area contributed by atoms with Crippen molar-refractivity contribution in [3.8, 4) is 17.0 Å². The first kappa shape index (κ1) is 16.7. The van der Waals surface area contributed by atoms with Crippen LogP contribution in [0.25, 0.3) is 17.3 Å². The zero-order valence-electron chi connectivity index (χ0n) is 13.6. The van der Waals surface area contributed by atoms with Crippen molar-refractivity contribution in [2.24, 2.45) is 0 Å². The molecule has 3 aromatic rings. The molecule has 25 heavy (non-hydrogen) atoms. The standard InChI is InChI=1S/C19H17N3O2S/c1-24-16-7-2-4-13(10-16)8-9-18(23)21-15-6-3-5-14(11-15)17-12-25-19(20)22-17/h2-12H,1H3,(H2,20,22)(H,21,23)/b9-8+. The Balaban J connectivity index is 1.69. The smallest absolute Gasteiger partial charge is 0.248 e. The van der Waals surface area contributed by atoms with E-state index in [0.29, 0.717) is 10.8 Å². The van der Waals surface area contributed by atoms with Gasteiger partial charge in [0.25, 0.3) is 0 Å². The molecule has 2 aromatic carbocycles. The summed E-state index contributed by atoms with van der Waals surface area (Å²) in [5.74, 6) is 0.538. The first-order valence-electron chi connectivity index (χ1n) is 7.58. The van der Waals surface area contributed by atoms with Gasteiger partial charge in [0.2, 0.25) is 5.91 Å². The van der Waals surface area contributed by atoms with E-state index in [-0.39, 0.29) is 5.91 Å². The van der Waals surface area contributed by atoms with Crippen LogP contribution in [0.15, 0.2) is 60.0 Å². The maximum atomic E-state index is 12.1. The number of nitrogen functional groups attached to an aromatic ring is 1. The molecular weight excluding hydrogens is 334 g/mol. The van der Waals surface area contributed by atoms with Crippen molar-refractivity contribution in [3.05, 3.63) is 65.6 Å². The molecule has 1 heterocycles. The number of nitrogens with zero attached hydrogens (tertiary/aromatic N) is 1. The van der Waals surface area contributed by atoms with Gasteiger partial charge in [-0.1, -0.05) is 24.3 Å². The highest BCUT2D eigenvalue weighted by Crippen LogP contribution is 2.25. The van der Waals surface area contributed by atoms with Crippen molar-refractivity contribution in [2.75, 3.05) is 18.2 Å². The summed E-state index contributed by atoms with van der Waals surface area (Å²) in [6.07, 6.45) is 3.23. The number of carbonyl (C=O) groups excluding carboxylic acids is 1. The van der Waals surface area contributed by atoms with E-state index >= 15 is 0 Å². The first-order chi connectivity index (χ1) is 12.1. The van der Waals surface area contributed by atoms with Crippen LogP contribution in [0, 0.1) is 0 Å². The number of hydrogen-bond donors (Lipinski definition) is 2. The van der Waals surface area contributed by atoms with Crippen molar-refractivity contribution in [3.63, 3.8) is 0 Å². The lowest BCUT2D eigenvalue weighted by Gasteiger charge is -2.04. The number of ether oxygens (including phenoxy) is 1. The Hall–Kier alpha value is -3.12. The molecule has 0 aliphatic heterocycles. The second-order valence-electron chi connectivity index (χ2n) is 5.25. The van der Waals surface area contributed by atoms with Gasteiger partial charge >= 0.3 is 0 Å². The molecule has 3 rings (SSSR count). The van der Waals surface area contributed by atoms with E-state index in [1.54, 1.807) is 13.2 Å². The predicted octanol–water partition coefficient (Wildman–Crippen LogP) is 4.05. The second-order valence-corrected chi connectivity index (χ2v) is 6.14. The number of benzene rings is 2. The minimum Gasteiger partial charge on any atom is -0.497 e. The molecule has 0 spiro atoms. The van der Waals surface area contributed by atoms with E-state index in [2.05, 4.69) is 10.3 Å². The normalized spacial score (nSPS) is 10.8. The predicted molar refractivity (Wildman–Crippen MR) is 103 cm³/mol. The zero-order chi connectivity index (χ0) is 17.6. The number of rotatable bonds is 5. The fourth-order valence-electron chi connectivity index (χ4n) is 2.28. The van der Waals surface area contributed by atoms with Crippen LogP contribution in [-0.2, 0) is 4.79 Å². The molecule has 1 aromatic heterocycles. The van der Waals surface area contributed by atoms with Crippen molar-refractivity contribution in [2.45, 2.75) is 0 Å². The lowest BCUT2D eigenvalue weighted by atomic mass is 10.1. The van der Waals surface area contributed by atoms with E-state index in [0.717, 1.165) is 22.6 Å². The van der Waals surface area contributed by atoms with Gasteiger partial charge in [0, 0.05) is 22.7 Å². The number of amides is 1. The molecule has 0 aliphatic rings. The highest BCUT2D eigenvalue weighted by atomic mass is 32.1. The van der Waals surface area contributed by atoms with E-state index in [9.17, 15) is 4.79 Å². The molecule has 1 amide bonds. The molecular formula is C19H17N3O2S. The Bertz CT molecular complexity index is 918. The third-order valence-electron chi connectivity index (χ3n) is 3.47. The van der Waals surface area contributed by atoms with Gasteiger partial charge < -0.3 is 15.8 Å². The molecule has 0 atom stereocenters. The zero-order valence-corrected chi connectivity index (χ0v) is 14.4. The second kappa shape index (κ2) is 7.63. The van der Waals surface area contributed by atoms with Gasteiger partial charge in [0.05, 0.1) is 12.8 Å². The monoisotopic (exact) mass is 351 g/mol. The van der Waals surface area contributed by atoms with Crippen LogP contribution in [0.3, 0.4) is 0 Å². The number of nitrogens with one attached hydrogen (secondary N) is 1. The average molecular weight is 351 g/mol. The molecule has 0 aliphatic carbocycles. The van der Waals surface area contributed by atoms with E-state index in [1.165, 1.54) is 17.4 Å². The molecule has 0 fully saturated rings. The molecule has 126 valence electrons. The maximum Gasteiger partial charge on any atom is 0.248 e. The lowest BCUT2D eigenvalue weighted by molar-refractivity contribution is -0.111. The van der Waals surface area contributed by atoms with Crippen molar-refractivity contribution < 1.29 is 9.53 Å². The molecule has 0 bridgehead atoms. The van der Waals surface area contributed by atoms with Crippen LogP contribution >= 0.6 is 11.3 Å². The molecule has 0 saturated heterocycles. The van der Waals surface area contributed by atoms with Crippen LogP contribution in [0.1, 0.15) is 5.56 Å². The van der Waals surface area contributed by atoms with Gasteiger partial charge in [-0.25, -0.2) is 4.98 Å². The highest BCUT2D eigenvalue weighted by molar-refractivity contribution is 7.13. The van der Waals surface area contributed by atoms with Gasteiger partial charge in [-0.05, 0) is 35.9 Å². The summed E-state index contributed by atoms with van der Waals surface area (Å²) >= 11 is 1.39. The summed E-state index contributed by atoms with van der Waals surface area (Å²) in [6.45, 7) is 0. The van der Waals surface area contributed by atoms with Crippen molar-refractivity contribution in [1.29, 1.82) is 0 Å². The summed E-state index contributed by atoms with van der Waals surface area (Å²) in [7, 11) is 1.61. The van der Waals surface area contributed by atoms with Crippen molar-refractivity contribution >= 4 is 34.1 Å². The molecule has 0 radical (unpaired) electrons. The minimum atomic E-state index is -0.210. The van der Waals surface area contributed by atoms with Gasteiger partial charge in [-0.3, -0.25) is 4.79 Å². The quantitative estimate of drug-likeness (QED) is 0.680. The lowest BCUT2D eigenvalue weighted by Crippen LogP contribution is -2.07. The summed E-state index contributed by atoms with van der Waals surface area (Å²) in [4.78, 5) is 16.4. The Kier molecular flexibility index (Phi) is 5.11. The number of aromatic nitrogens is 1. The minimum absolute atomic E-state index is 0.210. The van der Waals surface area contributed by atoms with Crippen LogP contribution in [0.4, 0.5) is 10.8 Å². The van der Waals surface area contributed by atoms with Gasteiger partial charge in [0.15, 0.2) is 5.13 Å². The summed E-state index contributed by atoms with van der Waals surface area (Å²) in [6, 6.07) is 15.0. The largest absolute Gasteiger partial charge is 0.497 e. The van der Waals surface area contributed by atoms with Crippen LogP contribution in [0.5, 0.6) is 5.75 Å². The molecule has 3 N–H and O–H groups in total. The van der Waals surface area contributed by atoms with Crippen molar-refractivity contribution in [1.82, 2.24) is 4.98 Å². The third-order valence-corrected chi connectivity index (χ3v) is 4.14. The fourth-order valence-corrected chi connectivity index (χ4v) is 2.85. The van der Waals surface area contributed by atoms with Gasteiger partial charge in [-0.15, -0.1) is 11.3 Å². The van der Waals surface area contributed by atoms with Crippen LogP contribution in [0.2, 0.25) is 0 Å². The highest BCUT2D eigenvalue weighted by Gasteiger charge is 2.05. The Morgan fingerprint density at radius 2 is 2.08 bits per heavy atom. The van der Waals surface area contributed by atoms with E-state index in [4.69, 9.17) is 10.5 Å². The number of nitrogens with two attached hydrogens (primary N) is 1. The molecule has 0 unspecified atom stereocenters. The number of methoxy groups -OCH3 is 1. The molecule has 0 saturated carbocycles. The first-order valence-corrected chi connectivity index (χ1v) is 8.46. The number of anilines is 2. The van der Waals surface area contributed by atoms with Crippen LogP contribution < -0.4 is 15.8 Å². The summed E-state index contributed by atoms with van der Waals surface area (Å²) in [5.41, 5.74) is 8.96. The maximum absolute atomic E-state index is 12.1. The molecule has 5 nitrogen and oxygen atoms in total. The fraction of sp³-hybridized carbons (Fsp3) is 0.0526. The molecule has 6 heteroatoms. The SMILES string of the molecule is COc1cccc(/C=C/C(=O)Nc2cccc(-c3csc(N)n3)c2)c1. The average Bonchev–Trinajstić information content (AvgIpc) is 3.07.